The molecule has 1 heterocycles. The van der Waals surface area contributed by atoms with Crippen molar-refractivity contribution in [2.45, 2.75) is 19.4 Å². The van der Waals surface area contributed by atoms with Gasteiger partial charge in [-0.15, -0.1) is 0 Å². The zero-order valence-electron chi connectivity index (χ0n) is 11.0. The van der Waals surface area contributed by atoms with Crippen LogP contribution in [-0.2, 0) is 0 Å². The quantitative estimate of drug-likeness (QED) is 0.928. The number of hydrogen-bond acceptors (Lipinski definition) is 3. The largest absolute Gasteiger partial charge is 0.489 e. The molecule has 2 atom stereocenters. The van der Waals surface area contributed by atoms with Crippen LogP contribution in [0.15, 0.2) is 18.2 Å². The highest BCUT2D eigenvalue weighted by atomic mass is 35.5. The molecule has 0 radical (unpaired) electrons. The van der Waals surface area contributed by atoms with Gasteiger partial charge in [0.1, 0.15) is 6.61 Å². The van der Waals surface area contributed by atoms with Gasteiger partial charge >= 0.3 is 0 Å². The Balaban J connectivity index is 1.81. The van der Waals surface area contributed by atoms with Crippen molar-refractivity contribution in [3.8, 4) is 5.75 Å². The Morgan fingerprint density at radius 3 is 2.68 bits per heavy atom. The number of para-hydroxylation sites is 1. The first-order valence-electron chi connectivity index (χ1n) is 6.55. The normalized spacial score (nSPS) is 24.4. The highest BCUT2D eigenvalue weighted by Crippen LogP contribution is 2.32. The first-order chi connectivity index (χ1) is 9.08. The van der Waals surface area contributed by atoms with Gasteiger partial charge in [-0.3, -0.25) is 4.90 Å². The van der Waals surface area contributed by atoms with Gasteiger partial charge in [0, 0.05) is 19.6 Å². The van der Waals surface area contributed by atoms with Crippen molar-refractivity contribution in [2.75, 3.05) is 26.2 Å². The van der Waals surface area contributed by atoms with Crippen LogP contribution >= 0.6 is 23.2 Å². The fourth-order valence-electron chi connectivity index (χ4n) is 2.32. The first-order valence-corrected chi connectivity index (χ1v) is 7.30. The monoisotopic (exact) mass is 303 g/mol. The third kappa shape index (κ3) is 3.99. The van der Waals surface area contributed by atoms with Gasteiger partial charge in [-0.2, -0.15) is 0 Å². The number of ether oxygens (including phenoxy) is 1. The summed E-state index contributed by atoms with van der Waals surface area (Å²) in [7, 11) is 0. The summed E-state index contributed by atoms with van der Waals surface area (Å²) in [4.78, 5) is 2.29. The zero-order chi connectivity index (χ0) is 13.8. The van der Waals surface area contributed by atoms with Crippen LogP contribution in [0.3, 0.4) is 0 Å². The molecular formula is C14H19Cl2NO2. The molecular weight excluding hydrogens is 285 g/mol. The second-order valence-corrected chi connectivity index (χ2v) is 5.85. The van der Waals surface area contributed by atoms with Gasteiger partial charge in [0.2, 0.25) is 0 Å². The van der Waals surface area contributed by atoms with Crippen molar-refractivity contribution in [1.29, 1.82) is 0 Å². The second kappa shape index (κ2) is 6.80. The third-order valence-corrected chi connectivity index (χ3v) is 4.11. The number of piperidine rings is 1. The van der Waals surface area contributed by atoms with E-state index in [-0.39, 0.29) is 6.10 Å². The molecule has 2 rings (SSSR count). The molecule has 0 aromatic heterocycles. The number of halogens is 2. The summed E-state index contributed by atoms with van der Waals surface area (Å²) in [5.41, 5.74) is 0. The Labute approximate surface area is 124 Å². The molecule has 0 amide bonds. The number of hydrogen-bond donors (Lipinski definition) is 1. The maximum Gasteiger partial charge on any atom is 0.156 e. The topological polar surface area (TPSA) is 32.7 Å². The number of aliphatic hydroxyl groups excluding tert-OH is 1. The zero-order valence-corrected chi connectivity index (χ0v) is 12.5. The molecule has 19 heavy (non-hydrogen) atoms. The van der Waals surface area contributed by atoms with Crippen LogP contribution in [0, 0.1) is 5.92 Å². The molecule has 1 aromatic carbocycles. The van der Waals surface area contributed by atoms with Gasteiger partial charge in [-0.05, 0) is 24.5 Å². The number of likely N-dealkylation sites (tertiary alicyclic amines) is 1. The summed E-state index contributed by atoms with van der Waals surface area (Å²) in [6, 6.07) is 5.33. The third-order valence-electron chi connectivity index (χ3n) is 3.52. The van der Waals surface area contributed by atoms with E-state index in [0.29, 0.717) is 28.3 Å². The number of benzene rings is 1. The lowest BCUT2D eigenvalue weighted by Gasteiger charge is -2.34. The Kier molecular flexibility index (Phi) is 5.34. The predicted molar refractivity (Wildman–Crippen MR) is 78.2 cm³/mol. The SMILES string of the molecule is CC1CN(CCOc2c(Cl)cccc2Cl)CCC1O. The Morgan fingerprint density at radius 2 is 2.05 bits per heavy atom. The number of rotatable bonds is 4. The summed E-state index contributed by atoms with van der Waals surface area (Å²) in [5.74, 6) is 0.869. The van der Waals surface area contributed by atoms with Crippen molar-refractivity contribution >= 4 is 23.2 Å². The lowest BCUT2D eigenvalue weighted by atomic mass is 9.97. The molecule has 1 aromatic rings. The van der Waals surface area contributed by atoms with E-state index in [1.54, 1.807) is 18.2 Å². The molecule has 1 N–H and O–H groups in total. The van der Waals surface area contributed by atoms with Crippen LogP contribution in [0.1, 0.15) is 13.3 Å². The van der Waals surface area contributed by atoms with Crippen molar-refractivity contribution in [2.24, 2.45) is 5.92 Å². The van der Waals surface area contributed by atoms with Crippen molar-refractivity contribution < 1.29 is 9.84 Å². The molecule has 0 aliphatic carbocycles. The Hall–Kier alpha value is -0.480. The van der Waals surface area contributed by atoms with Crippen LogP contribution in [0.2, 0.25) is 10.0 Å². The molecule has 5 heteroatoms. The molecule has 1 saturated heterocycles. The molecule has 106 valence electrons. The summed E-state index contributed by atoms with van der Waals surface area (Å²) in [6.07, 6.45) is 0.656. The van der Waals surface area contributed by atoms with E-state index in [2.05, 4.69) is 11.8 Å². The van der Waals surface area contributed by atoms with Gasteiger partial charge in [-0.1, -0.05) is 36.2 Å². The molecule has 0 bridgehead atoms. The van der Waals surface area contributed by atoms with Gasteiger partial charge in [0.25, 0.3) is 0 Å². The van der Waals surface area contributed by atoms with Gasteiger partial charge in [0.05, 0.1) is 16.1 Å². The smallest absolute Gasteiger partial charge is 0.156 e. The summed E-state index contributed by atoms with van der Waals surface area (Å²) in [5, 5.41) is 10.8. The molecule has 1 aliphatic heterocycles. The average molecular weight is 304 g/mol. The lowest BCUT2D eigenvalue weighted by molar-refractivity contribution is 0.0304. The van der Waals surface area contributed by atoms with E-state index in [4.69, 9.17) is 27.9 Å². The fraction of sp³-hybridized carbons (Fsp3) is 0.571. The Morgan fingerprint density at radius 1 is 1.37 bits per heavy atom. The molecule has 1 aliphatic rings. The molecule has 1 fully saturated rings. The van der Waals surface area contributed by atoms with Crippen LogP contribution in [0.4, 0.5) is 0 Å². The summed E-state index contributed by atoms with van der Waals surface area (Å²) in [6.45, 7) is 5.25. The molecule has 0 spiro atoms. The van der Waals surface area contributed by atoms with Crippen LogP contribution in [0.5, 0.6) is 5.75 Å². The Bertz CT molecular complexity index is 408. The number of nitrogens with zero attached hydrogens (tertiary/aromatic N) is 1. The summed E-state index contributed by atoms with van der Waals surface area (Å²) < 4.78 is 5.66. The molecule has 2 unspecified atom stereocenters. The van der Waals surface area contributed by atoms with E-state index < -0.39 is 0 Å². The van der Waals surface area contributed by atoms with Crippen molar-refractivity contribution in [3.63, 3.8) is 0 Å². The van der Waals surface area contributed by atoms with Crippen LogP contribution < -0.4 is 4.74 Å². The minimum Gasteiger partial charge on any atom is -0.489 e. The minimum absolute atomic E-state index is 0.171. The summed E-state index contributed by atoms with van der Waals surface area (Å²) >= 11 is 12.1. The fourth-order valence-corrected chi connectivity index (χ4v) is 2.83. The van der Waals surface area contributed by atoms with E-state index in [1.165, 1.54) is 0 Å². The maximum absolute atomic E-state index is 9.68. The van der Waals surface area contributed by atoms with Crippen molar-refractivity contribution in [1.82, 2.24) is 4.90 Å². The van der Waals surface area contributed by atoms with Gasteiger partial charge < -0.3 is 9.84 Å². The predicted octanol–water partition coefficient (Wildman–Crippen LogP) is 3.07. The van der Waals surface area contributed by atoms with E-state index >= 15 is 0 Å². The maximum atomic E-state index is 9.68. The van der Waals surface area contributed by atoms with Gasteiger partial charge in [0.15, 0.2) is 5.75 Å². The van der Waals surface area contributed by atoms with Crippen LogP contribution in [-0.4, -0.2) is 42.4 Å². The lowest BCUT2D eigenvalue weighted by Crippen LogP contribution is -2.43. The first kappa shape index (κ1) is 14.9. The highest BCUT2D eigenvalue weighted by molar-refractivity contribution is 6.37. The van der Waals surface area contributed by atoms with E-state index in [0.717, 1.165) is 26.1 Å². The minimum atomic E-state index is -0.171. The molecule has 0 saturated carbocycles. The van der Waals surface area contributed by atoms with Gasteiger partial charge in [-0.25, -0.2) is 0 Å². The van der Waals surface area contributed by atoms with Crippen molar-refractivity contribution in [3.05, 3.63) is 28.2 Å². The average Bonchev–Trinajstić information content (AvgIpc) is 2.37. The van der Waals surface area contributed by atoms with Crippen LogP contribution in [0.25, 0.3) is 0 Å². The standard InChI is InChI=1S/C14H19Cl2NO2/c1-10-9-17(6-5-13(10)18)7-8-19-14-11(15)3-2-4-12(14)16/h2-4,10,13,18H,5-9H2,1H3. The second-order valence-electron chi connectivity index (χ2n) is 5.03. The molecule has 3 nitrogen and oxygen atoms in total. The number of aliphatic hydroxyl groups is 1. The van der Waals surface area contributed by atoms with E-state index in [9.17, 15) is 5.11 Å². The highest BCUT2D eigenvalue weighted by Gasteiger charge is 2.23. The van der Waals surface area contributed by atoms with E-state index in [1.807, 2.05) is 0 Å².